The number of benzene rings is 1. The molecule has 1 saturated heterocycles. The first kappa shape index (κ1) is 18.9. The van der Waals surface area contributed by atoms with Crippen molar-refractivity contribution in [3.63, 3.8) is 0 Å². The van der Waals surface area contributed by atoms with E-state index in [0.29, 0.717) is 37.6 Å². The molecule has 2 aromatic heterocycles. The van der Waals surface area contributed by atoms with Gasteiger partial charge in [0.1, 0.15) is 5.54 Å². The Hall–Kier alpha value is -3.07. The molecule has 0 unspecified atom stereocenters. The zero-order valence-corrected chi connectivity index (χ0v) is 17.1. The summed E-state index contributed by atoms with van der Waals surface area (Å²) in [5, 5.41) is 15.1. The molecule has 0 amide bonds. The molecule has 3 aromatic rings. The summed E-state index contributed by atoms with van der Waals surface area (Å²) in [7, 11) is 0. The Kier molecular flexibility index (Phi) is 3.92. The second kappa shape index (κ2) is 6.21. The smallest absolute Gasteiger partial charge is 0.438 e. The standard InChI is InChI=1S/C21H24N4O5/c1-12-10-21(12,18-22-19(28)30-23-18)25-14-7-5-4-6-13(14)15(16(25)17(26)27)24-8-9-29-20(2,3)11-24/h4-7,12H,8-11H2,1-3H3,(H,26,27)(H,22,23,28)/t12-,21-/m0/s1. The van der Waals surface area contributed by atoms with Gasteiger partial charge in [-0.3, -0.25) is 9.51 Å². The predicted octanol–water partition coefficient (Wildman–Crippen LogP) is 2.41. The Morgan fingerprint density at radius 1 is 1.33 bits per heavy atom. The molecule has 2 N–H and O–H groups in total. The van der Waals surface area contributed by atoms with Gasteiger partial charge in [-0.15, -0.1) is 0 Å². The molecule has 1 aliphatic carbocycles. The van der Waals surface area contributed by atoms with Gasteiger partial charge in [0.2, 0.25) is 0 Å². The number of para-hydroxylation sites is 1. The van der Waals surface area contributed by atoms with Crippen molar-refractivity contribution in [2.45, 2.75) is 38.3 Å². The molecule has 9 heteroatoms. The van der Waals surface area contributed by atoms with Crippen LogP contribution in [0.1, 0.15) is 43.5 Å². The van der Waals surface area contributed by atoms with E-state index >= 15 is 0 Å². The molecule has 3 heterocycles. The summed E-state index contributed by atoms with van der Waals surface area (Å²) in [6.45, 7) is 7.72. The van der Waals surface area contributed by atoms with E-state index in [2.05, 4.69) is 15.0 Å². The lowest BCUT2D eigenvalue weighted by molar-refractivity contribution is -0.0277. The van der Waals surface area contributed by atoms with E-state index in [9.17, 15) is 14.7 Å². The zero-order chi connectivity index (χ0) is 21.3. The van der Waals surface area contributed by atoms with Gasteiger partial charge >= 0.3 is 11.7 Å². The molecule has 1 aromatic carbocycles. The van der Waals surface area contributed by atoms with Gasteiger partial charge in [-0.05, 0) is 32.3 Å². The van der Waals surface area contributed by atoms with Crippen molar-refractivity contribution in [1.29, 1.82) is 0 Å². The van der Waals surface area contributed by atoms with Gasteiger partial charge in [0.05, 0.1) is 23.4 Å². The lowest BCUT2D eigenvalue weighted by Crippen LogP contribution is -2.48. The highest BCUT2D eigenvalue weighted by Gasteiger charge is 2.59. The Morgan fingerprint density at radius 2 is 2.07 bits per heavy atom. The molecule has 2 aliphatic rings. The summed E-state index contributed by atoms with van der Waals surface area (Å²) in [4.78, 5) is 29.1. The molecule has 158 valence electrons. The third kappa shape index (κ3) is 2.61. The van der Waals surface area contributed by atoms with Crippen molar-refractivity contribution in [2.75, 3.05) is 24.6 Å². The second-order valence-corrected chi connectivity index (χ2v) is 8.86. The normalized spacial score (nSPS) is 25.6. The highest BCUT2D eigenvalue weighted by atomic mass is 16.5. The monoisotopic (exact) mass is 412 g/mol. The predicted molar refractivity (Wildman–Crippen MR) is 109 cm³/mol. The van der Waals surface area contributed by atoms with Crippen molar-refractivity contribution < 1.29 is 19.2 Å². The SMILES string of the molecule is C[C@H]1C[C@]1(c1noc(=O)[nH]1)n1c(C(=O)O)c(N2CCOC(C)(C)C2)c2ccccc21. The largest absolute Gasteiger partial charge is 0.477 e. The van der Waals surface area contributed by atoms with Crippen LogP contribution in [-0.4, -0.2) is 51.1 Å². The number of aromatic carboxylic acids is 1. The van der Waals surface area contributed by atoms with Gasteiger partial charge in [-0.1, -0.05) is 30.3 Å². The number of carboxylic acids is 1. The molecule has 9 nitrogen and oxygen atoms in total. The molecule has 1 aliphatic heterocycles. The molecule has 0 radical (unpaired) electrons. The third-order valence-electron chi connectivity index (χ3n) is 6.31. The van der Waals surface area contributed by atoms with Crippen LogP contribution in [-0.2, 0) is 10.3 Å². The van der Waals surface area contributed by atoms with Crippen molar-refractivity contribution in [3.05, 3.63) is 46.3 Å². The number of nitrogens with zero attached hydrogens (tertiary/aromatic N) is 3. The van der Waals surface area contributed by atoms with Crippen LogP contribution in [0.4, 0.5) is 5.69 Å². The molecule has 1 saturated carbocycles. The number of hydrogen-bond donors (Lipinski definition) is 2. The molecule has 0 spiro atoms. The number of aromatic nitrogens is 3. The van der Waals surface area contributed by atoms with E-state index in [-0.39, 0.29) is 17.2 Å². The molecule has 30 heavy (non-hydrogen) atoms. The Balaban J connectivity index is 1.81. The Bertz CT molecular complexity index is 1210. The van der Waals surface area contributed by atoms with Crippen LogP contribution in [0.15, 0.2) is 33.6 Å². The van der Waals surface area contributed by atoms with Crippen LogP contribution in [0.25, 0.3) is 10.9 Å². The van der Waals surface area contributed by atoms with E-state index in [0.717, 1.165) is 10.9 Å². The summed E-state index contributed by atoms with van der Waals surface area (Å²) < 4.78 is 12.5. The van der Waals surface area contributed by atoms with E-state index in [1.807, 2.05) is 49.6 Å². The highest BCUT2D eigenvalue weighted by molar-refractivity contribution is 6.07. The molecular formula is C21H24N4O5. The Morgan fingerprint density at radius 3 is 2.67 bits per heavy atom. The molecular weight excluding hydrogens is 388 g/mol. The van der Waals surface area contributed by atoms with Crippen molar-refractivity contribution >= 4 is 22.6 Å². The number of hydrogen-bond acceptors (Lipinski definition) is 6. The van der Waals surface area contributed by atoms with Crippen LogP contribution >= 0.6 is 0 Å². The highest BCUT2D eigenvalue weighted by Crippen LogP contribution is 2.57. The fourth-order valence-electron chi connectivity index (χ4n) is 4.93. The van der Waals surface area contributed by atoms with Crippen molar-refractivity contribution in [1.82, 2.24) is 14.7 Å². The zero-order valence-electron chi connectivity index (χ0n) is 17.1. The number of morpholine rings is 1. The molecule has 2 fully saturated rings. The maximum Gasteiger partial charge on any atom is 0.438 e. The first-order valence-electron chi connectivity index (χ1n) is 10.1. The first-order valence-corrected chi connectivity index (χ1v) is 10.1. The van der Waals surface area contributed by atoms with Gasteiger partial charge in [0.15, 0.2) is 11.5 Å². The van der Waals surface area contributed by atoms with Gasteiger partial charge in [-0.2, -0.15) is 0 Å². The van der Waals surface area contributed by atoms with Crippen molar-refractivity contribution in [3.8, 4) is 0 Å². The van der Waals surface area contributed by atoms with Crippen LogP contribution in [0.2, 0.25) is 0 Å². The first-order chi connectivity index (χ1) is 14.2. The number of carboxylic acid groups (broad SMARTS) is 1. The van der Waals surface area contributed by atoms with Crippen LogP contribution in [0, 0.1) is 5.92 Å². The summed E-state index contributed by atoms with van der Waals surface area (Å²) >= 11 is 0. The summed E-state index contributed by atoms with van der Waals surface area (Å²) in [5.74, 6) is -1.22. The average Bonchev–Trinajstić information content (AvgIpc) is 3.02. The van der Waals surface area contributed by atoms with Crippen LogP contribution in [0.3, 0.4) is 0 Å². The van der Waals surface area contributed by atoms with Gasteiger partial charge < -0.3 is 19.3 Å². The number of rotatable bonds is 4. The maximum absolute atomic E-state index is 12.6. The number of H-pyrrole nitrogens is 1. The fourth-order valence-corrected chi connectivity index (χ4v) is 4.93. The minimum Gasteiger partial charge on any atom is -0.477 e. The van der Waals surface area contributed by atoms with Crippen LogP contribution in [0.5, 0.6) is 0 Å². The fraction of sp³-hybridized carbons (Fsp3) is 0.476. The quantitative estimate of drug-likeness (QED) is 0.676. The lowest BCUT2D eigenvalue weighted by Gasteiger charge is -2.39. The summed E-state index contributed by atoms with van der Waals surface area (Å²) in [5.41, 5.74) is 0.516. The topological polar surface area (TPSA) is 114 Å². The number of ether oxygens (including phenoxy) is 1. The Labute approximate surface area is 172 Å². The minimum absolute atomic E-state index is 0.0844. The van der Waals surface area contributed by atoms with E-state index in [4.69, 9.17) is 9.26 Å². The number of nitrogens with one attached hydrogen (secondary N) is 1. The van der Waals surface area contributed by atoms with E-state index in [1.165, 1.54) is 0 Å². The molecule has 2 atom stereocenters. The molecule has 5 rings (SSSR count). The van der Waals surface area contributed by atoms with E-state index in [1.54, 1.807) is 0 Å². The lowest BCUT2D eigenvalue weighted by atomic mass is 10.1. The van der Waals surface area contributed by atoms with Crippen molar-refractivity contribution in [2.24, 2.45) is 5.92 Å². The summed E-state index contributed by atoms with van der Waals surface area (Å²) in [6.07, 6.45) is 0.655. The third-order valence-corrected chi connectivity index (χ3v) is 6.31. The number of fused-ring (bicyclic) bond motifs is 1. The number of aromatic amines is 1. The van der Waals surface area contributed by atoms with Gasteiger partial charge in [0.25, 0.3) is 0 Å². The van der Waals surface area contributed by atoms with Gasteiger partial charge in [0, 0.05) is 18.5 Å². The second-order valence-electron chi connectivity index (χ2n) is 8.86. The van der Waals surface area contributed by atoms with E-state index < -0.39 is 17.3 Å². The van der Waals surface area contributed by atoms with Gasteiger partial charge in [-0.25, -0.2) is 9.59 Å². The number of carbonyl (C=O) groups is 1. The summed E-state index contributed by atoms with van der Waals surface area (Å²) in [6, 6.07) is 7.67. The average molecular weight is 412 g/mol. The molecule has 0 bridgehead atoms. The number of anilines is 1. The maximum atomic E-state index is 12.6. The minimum atomic E-state index is -1.02. The van der Waals surface area contributed by atoms with Crippen LogP contribution < -0.4 is 10.7 Å².